The van der Waals surface area contributed by atoms with Crippen LogP contribution in [0.3, 0.4) is 0 Å². The van der Waals surface area contributed by atoms with Crippen molar-refractivity contribution >= 4 is 17.8 Å². The Bertz CT molecular complexity index is 389. The summed E-state index contributed by atoms with van der Waals surface area (Å²) in [6.45, 7) is 3.81. The van der Waals surface area contributed by atoms with Crippen molar-refractivity contribution in [3.8, 4) is 0 Å². The Hall–Kier alpha value is -1.43. The lowest BCUT2D eigenvalue weighted by Gasteiger charge is -2.41. The minimum atomic E-state index is -1.50. The first kappa shape index (κ1) is 13.0. The monoisotopic (exact) mass is 255 g/mol. The number of hydrogen-bond acceptors (Lipinski definition) is 4. The highest BCUT2D eigenvalue weighted by Gasteiger charge is 2.55. The van der Waals surface area contributed by atoms with E-state index in [0.29, 0.717) is 0 Å². The van der Waals surface area contributed by atoms with E-state index in [1.165, 1.54) is 0 Å². The molecule has 2 fully saturated rings. The first-order valence-electron chi connectivity index (χ1n) is 5.96. The van der Waals surface area contributed by atoms with Crippen LogP contribution in [0.2, 0.25) is 0 Å². The van der Waals surface area contributed by atoms with Crippen LogP contribution in [0.1, 0.15) is 33.1 Å². The standard InChI is InChI=1S/C12H17NO5/c1-11(2)5-8(14)13(9(15)6-11)12(10(16)17)3-4-18-7-12/h3-7H2,1-2H3,(H,16,17). The summed E-state index contributed by atoms with van der Waals surface area (Å²) in [6.07, 6.45) is 0.543. The summed E-state index contributed by atoms with van der Waals surface area (Å²) in [5.41, 5.74) is -1.89. The molecule has 1 unspecified atom stereocenters. The lowest BCUT2D eigenvalue weighted by atomic mass is 9.79. The molecule has 0 aromatic heterocycles. The second-order valence-electron chi connectivity index (χ2n) is 5.78. The third-order valence-electron chi connectivity index (χ3n) is 3.59. The van der Waals surface area contributed by atoms with Gasteiger partial charge in [0.05, 0.1) is 6.61 Å². The first-order valence-corrected chi connectivity index (χ1v) is 5.96. The van der Waals surface area contributed by atoms with Gasteiger partial charge in [-0.05, 0) is 5.41 Å². The summed E-state index contributed by atoms with van der Waals surface area (Å²) in [5, 5.41) is 9.36. The van der Waals surface area contributed by atoms with Crippen LogP contribution in [0.25, 0.3) is 0 Å². The highest BCUT2D eigenvalue weighted by atomic mass is 16.5. The Morgan fingerprint density at radius 1 is 1.28 bits per heavy atom. The van der Waals surface area contributed by atoms with Gasteiger partial charge in [0.1, 0.15) is 0 Å². The molecule has 0 aromatic rings. The maximum atomic E-state index is 12.1. The predicted octanol–water partition coefficient (Wildman–Crippen LogP) is 0.405. The molecule has 6 nitrogen and oxygen atoms in total. The third kappa shape index (κ3) is 1.90. The Labute approximate surface area is 105 Å². The highest BCUT2D eigenvalue weighted by molar-refractivity contribution is 6.03. The second kappa shape index (κ2) is 4.05. The fourth-order valence-electron chi connectivity index (χ4n) is 2.65. The molecule has 0 bridgehead atoms. The number of imide groups is 1. The van der Waals surface area contributed by atoms with Crippen molar-refractivity contribution < 1.29 is 24.2 Å². The molecule has 0 spiro atoms. The van der Waals surface area contributed by atoms with E-state index in [0.717, 1.165) is 4.90 Å². The topological polar surface area (TPSA) is 83.9 Å². The summed E-state index contributed by atoms with van der Waals surface area (Å²) in [4.78, 5) is 36.6. The molecule has 0 saturated carbocycles. The molecule has 2 rings (SSSR count). The van der Waals surface area contributed by atoms with Crippen LogP contribution in [0.15, 0.2) is 0 Å². The first-order chi connectivity index (χ1) is 8.28. The Morgan fingerprint density at radius 2 is 1.83 bits per heavy atom. The Balaban J connectivity index is 2.35. The van der Waals surface area contributed by atoms with E-state index in [9.17, 15) is 19.5 Å². The molecular formula is C12H17NO5. The van der Waals surface area contributed by atoms with Crippen molar-refractivity contribution in [2.45, 2.75) is 38.6 Å². The number of carbonyl (C=O) groups is 3. The summed E-state index contributed by atoms with van der Waals surface area (Å²) < 4.78 is 5.10. The fourth-order valence-corrected chi connectivity index (χ4v) is 2.65. The summed E-state index contributed by atoms with van der Waals surface area (Å²) >= 11 is 0. The van der Waals surface area contributed by atoms with E-state index in [1.54, 1.807) is 0 Å². The molecule has 2 amide bonds. The van der Waals surface area contributed by atoms with Crippen LogP contribution >= 0.6 is 0 Å². The molecule has 6 heteroatoms. The zero-order chi connectivity index (χ0) is 13.6. The number of amides is 2. The average molecular weight is 255 g/mol. The molecule has 2 aliphatic rings. The minimum Gasteiger partial charge on any atom is -0.479 e. The minimum absolute atomic E-state index is 0.111. The normalized spacial score (nSPS) is 31.8. The number of carbonyl (C=O) groups excluding carboxylic acids is 2. The van der Waals surface area contributed by atoms with Crippen molar-refractivity contribution in [3.63, 3.8) is 0 Å². The number of rotatable bonds is 2. The van der Waals surface area contributed by atoms with Crippen molar-refractivity contribution in [3.05, 3.63) is 0 Å². The Kier molecular flexibility index (Phi) is 2.93. The van der Waals surface area contributed by atoms with Crippen LogP contribution in [-0.4, -0.2) is 46.5 Å². The fraction of sp³-hybridized carbons (Fsp3) is 0.750. The molecular weight excluding hydrogens is 238 g/mol. The quantitative estimate of drug-likeness (QED) is 0.722. The molecule has 1 N–H and O–H groups in total. The van der Waals surface area contributed by atoms with Crippen molar-refractivity contribution in [1.82, 2.24) is 4.90 Å². The van der Waals surface area contributed by atoms with E-state index >= 15 is 0 Å². The number of aliphatic carboxylic acids is 1. The number of nitrogens with zero attached hydrogens (tertiary/aromatic N) is 1. The van der Waals surface area contributed by atoms with Crippen LogP contribution < -0.4 is 0 Å². The van der Waals surface area contributed by atoms with E-state index in [-0.39, 0.29) is 32.5 Å². The van der Waals surface area contributed by atoms with Gasteiger partial charge >= 0.3 is 5.97 Å². The lowest BCUT2D eigenvalue weighted by molar-refractivity contribution is -0.172. The SMILES string of the molecule is CC1(C)CC(=O)N(C2(C(=O)O)CCOC2)C(=O)C1. The van der Waals surface area contributed by atoms with E-state index in [2.05, 4.69) is 0 Å². The molecule has 1 atom stereocenters. The van der Waals surface area contributed by atoms with Crippen LogP contribution in [0, 0.1) is 5.41 Å². The summed E-state index contributed by atoms with van der Waals surface area (Å²) in [7, 11) is 0. The van der Waals surface area contributed by atoms with Gasteiger partial charge in [0, 0.05) is 25.9 Å². The third-order valence-corrected chi connectivity index (χ3v) is 3.59. The number of likely N-dealkylation sites (tertiary alicyclic amines) is 1. The molecule has 2 heterocycles. The number of piperidine rings is 1. The zero-order valence-electron chi connectivity index (χ0n) is 10.6. The van der Waals surface area contributed by atoms with Crippen LogP contribution in [0.5, 0.6) is 0 Å². The zero-order valence-corrected chi connectivity index (χ0v) is 10.6. The van der Waals surface area contributed by atoms with E-state index in [1.807, 2.05) is 13.8 Å². The van der Waals surface area contributed by atoms with Gasteiger partial charge in [-0.15, -0.1) is 0 Å². The Morgan fingerprint density at radius 3 is 2.22 bits per heavy atom. The number of carboxylic acid groups (broad SMARTS) is 1. The molecule has 0 aliphatic carbocycles. The number of ether oxygens (including phenoxy) is 1. The smallest absolute Gasteiger partial charge is 0.332 e. The van der Waals surface area contributed by atoms with Crippen molar-refractivity contribution in [1.29, 1.82) is 0 Å². The molecule has 2 saturated heterocycles. The van der Waals surface area contributed by atoms with Crippen LogP contribution in [-0.2, 0) is 19.1 Å². The molecule has 2 aliphatic heterocycles. The van der Waals surface area contributed by atoms with Gasteiger partial charge in [-0.2, -0.15) is 0 Å². The van der Waals surface area contributed by atoms with Crippen molar-refractivity contribution in [2.75, 3.05) is 13.2 Å². The van der Waals surface area contributed by atoms with Gasteiger partial charge in [0.2, 0.25) is 11.8 Å². The van der Waals surface area contributed by atoms with Gasteiger partial charge in [-0.25, -0.2) is 4.79 Å². The molecule has 0 radical (unpaired) electrons. The van der Waals surface area contributed by atoms with Crippen molar-refractivity contribution in [2.24, 2.45) is 5.41 Å². The van der Waals surface area contributed by atoms with Crippen LogP contribution in [0.4, 0.5) is 0 Å². The number of hydrogen-bond donors (Lipinski definition) is 1. The second-order valence-corrected chi connectivity index (χ2v) is 5.78. The molecule has 18 heavy (non-hydrogen) atoms. The predicted molar refractivity (Wildman–Crippen MR) is 60.7 cm³/mol. The number of carboxylic acids is 1. The van der Waals surface area contributed by atoms with Gasteiger partial charge in [0.25, 0.3) is 0 Å². The lowest BCUT2D eigenvalue weighted by Crippen LogP contribution is -2.63. The summed E-state index contributed by atoms with van der Waals surface area (Å²) in [5.74, 6) is -1.99. The van der Waals surface area contributed by atoms with Gasteiger partial charge in [-0.1, -0.05) is 13.8 Å². The van der Waals surface area contributed by atoms with E-state index < -0.39 is 28.7 Å². The maximum absolute atomic E-state index is 12.1. The van der Waals surface area contributed by atoms with Gasteiger partial charge in [0.15, 0.2) is 5.54 Å². The largest absolute Gasteiger partial charge is 0.479 e. The summed E-state index contributed by atoms with van der Waals surface area (Å²) in [6, 6.07) is 0. The van der Waals surface area contributed by atoms with Gasteiger partial charge < -0.3 is 9.84 Å². The average Bonchev–Trinajstić information content (AvgIpc) is 2.64. The van der Waals surface area contributed by atoms with Gasteiger partial charge in [-0.3, -0.25) is 14.5 Å². The van der Waals surface area contributed by atoms with E-state index in [4.69, 9.17) is 4.74 Å². The molecule has 100 valence electrons. The molecule has 0 aromatic carbocycles. The maximum Gasteiger partial charge on any atom is 0.332 e. The highest BCUT2D eigenvalue weighted by Crippen LogP contribution is 2.37.